The normalized spacial score (nSPS) is 10.6. The summed E-state index contributed by atoms with van der Waals surface area (Å²) >= 11 is 0. The Kier molecular flexibility index (Phi) is 4.40. The van der Waals surface area contributed by atoms with Gasteiger partial charge in [-0.2, -0.15) is 0 Å². The fraction of sp³-hybridized carbons (Fsp3) is 0.545. The van der Waals surface area contributed by atoms with Crippen LogP contribution >= 0.6 is 0 Å². The molecule has 0 atom stereocenters. The predicted molar refractivity (Wildman–Crippen MR) is 60.6 cm³/mol. The highest BCUT2D eigenvalue weighted by atomic mass is 15.0. The van der Waals surface area contributed by atoms with Gasteiger partial charge in [0.25, 0.3) is 0 Å². The molecule has 1 aromatic heterocycles. The number of anilines is 1. The average Bonchev–Trinajstić information content (AvgIpc) is 2.12. The van der Waals surface area contributed by atoms with Crippen LogP contribution in [0.2, 0.25) is 0 Å². The number of nitrogens with one attached hydrogen (secondary N) is 2. The van der Waals surface area contributed by atoms with Crippen molar-refractivity contribution in [2.75, 3.05) is 18.4 Å². The second-order valence-corrected chi connectivity index (χ2v) is 3.72. The van der Waals surface area contributed by atoms with E-state index >= 15 is 0 Å². The van der Waals surface area contributed by atoms with E-state index in [1.807, 2.05) is 19.2 Å². The number of rotatable bonds is 5. The van der Waals surface area contributed by atoms with Crippen molar-refractivity contribution < 1.29 is 0 Å². The maximum atomic E-state index is 4.14. The van der Waals surface area contributed by atoms with Crippen LogP contribution in [0.25, 0.3) is 0 Å². The number of hydrogen-bond donors (Lipinski definition) is 2. The first-order chi connectivity index (χ1) is 6.68. The number of aromatic nitrogens is 1. The molecule has 0 saturated carbocycles. The van der Waals surface area contributed by atoms with E-state index in [2.05, 4.69) is 35.5 Å². The van der Waals surface area contributed by atoms with Crippen LogP contribution < -0.4 is 10.6 Å². The zero-order valence-corrected chi connectivity index (χ0v) is 9.17. The van der Waals surface area contributed by atoms with Gasteiger partial charge in [-0.3, -0.25) is 4.98 Å². The van der Waals surface area contributed by atoms with E-state index < -0.39 is 0 Å². The van der Waals surface area contributed by atoms with E-state index in [4.69, 9.17) is 0 Å². The lowest BCUT2D eigenvalue weighted by molar-refractivity contribution is 0.602. The number of hydrogen-bond acceptors (Lipinski definition) is 3. The minimum Gasteiger partial charge on any atom is -0.384 e. The topological polar surface area (TPSA) is 37.0 Å². The Bertz CT molecular complexity index is 271. The Morgan fingerprint density at radius 1 is 1.36 bits per heavy atom. The Morgan fingerprint density at radius 2 is 2.14 bits per heavy atom. The van der Waals surface area contributed by atoms with Crippen molar-refractivity contribution in [3.63, 3.8) is 0 Å². The number of pyridine rings is 1. The maximum absolute atomic E-state index is 4.14. The molecule has 78 valence electrons. The van der Waals surface area contributed by atoms with Crippen LogP contribution in [0.5, 0.6) is 0 Å². The minimum atomic E-state index is 0.552. The summed E-state index contributed by atoms with van der Waals surface area (Å²) < 4.78 is 0. The van der Waals surface area contributed by atoms with Gasteiger partial charge < -0.3 is 10.6 Å². The van der Waals surface area contributed by atoms with Gasteiger partial charge in [0, 0.05) is 36.7 Å². The molecule has 0 saturated heterocycles. The third kappa shape index (κ3) is 4.23. The van der Waals surface area contributed by atoms with Crippen LogP contribution in [0.3, 0.4) is 0 Å². The third-order valence-electron chi connectivity index (χ3n) is 1.90. The summed E-state index contributed by atoms with van der Waals surface area (Å²) in [6, 6.07) is 4.59. The van der Waals surface area contributed by atoms with Gasteiger partial charge in [-0.15, -0.1) is 0 Å². The van der Waals surface area contributed by atoms with Crippen molar-refractivity contribution in [2.24, 2.45) is 0 Å². The van der Waals surface area contributed by atoms with Crippen LogP contribution in [-0.2, 0) is 0 Å². The van der Waals surface area contributed by atoms with E-state index in [0.717, 1.165) is 24.5 Å². The summed E-state index contributed by atoms with van der Waals surface area (Å²) in [6.07, 6.45) is 1.83. The molecule has 0 aliphatic rings. The lowest BCUT2D eigenvalue weighted by Gasteiger charge is -2.09. The van der Waals surface area contributed by atoms with Crippen molar-refractivity contribution in [3.8, 4) is 0 Å². The zero-order chi connectivity index (χ0) is 10.4. The molecule has 0 radical (unpaired) electrons. The number of nitrogens with zero attached hydrogens (tertiary/aromatic N) is 1. The van der Waals surface area contributed by atoms with Gasteiger partial charge in [-0.1, -0.05) is 13.8 Å². The van der Waals surface area contributed by atoms with Crippen molar-refractivity contribution in [3.05, 3.63) is 24.0 Å². The van der Waals surface area contributed by atoms with E-state index in [-0.39, 0.29) is 0 Å². The highest BCUT2D eigenvalue weighted by Gasteiger charge is 1.93. The smallest absolute Gasteiger partial charge is 0.0393 e. The van der Waals surface area contributed by atoms with E-state index in [1.165, 1.54) is 0 Å². The van der Waals surface area contributed by atoms with E-state index in [0.29, 0.717) is 6.04 Å². The van der Waals surface area contributed by atoms with Gasteiger partial charge in [0.15, 0.2) is 0 Å². The highest BCUT2D eigenvalue weighted by molar-refractivity contribution is 5.42. The summed E-state index contributed by atoms with van der Waals surface area (Å²) in [5.41, 5.74) is 2.19. The minimum absolute atomic E-state index is 0.552. The van der Waals surface area contributed by atoms with Gasteiger partial charge in [-0.25, -0.2) is 0 Å². The maximum Gasteiger partial charge on any atom is 0.0393 e. The molecule has 0 aromatic carbocycles. The van der Waals surface area contributed by atoms with Crippen LogP contribution in [0.15, 0.2) is 18.3 Å². The lowest BCUT2D eigenvalue weighted by Crippen LogP contribution is -2.28. The Morgan fingerprint density at radius 3 is 2.79 bits per heavy atom. The Hall–Kier alpha value is -1.09. The first-order valence-electron chi connectivity index (χ1n) is 5.08. The average molecular weight is 193 g/mol. The van der Waals surface area contributed by atoms with Gasteiger partial charge in [-0.05, 0) is 19.1 Å². The zero-order valence-electron chi connectivity index (χ0n) is 9.17. The molecule has 1 rings (SSSR count). The number of aryl methyl sites for hydroxylation is 1. The van der Waals surface area contributed by atoms with Gasteiger partial charge >= 0.3 is 0 Å². The van der Waals surface area contributed by atoms with Gasteiger partial charge in [0.1, 0.15) is 0 Å². The Labute approximate surface area is 85.9 Å². The summed E-state index contributed by atoms with van der Waals surface area (Å²) in [4.78, 5) is 4.14. The Balaban J connectivity index is 2.25. The molecule has 2 N–H and O–H groups in total. The largest absolute Gasteiger partial charge is 0.384 e. The SMILES string of the molecule is Cc1cc(NCCNC(C)C)ccn1. The van der Waals surface area contributed by atoms with Crippen LogP contribution in [0.4, 0.5) is 5.69 Å². The quantitative estimate of drug-likeness (QED) is 0.700. The van der Waals surface area contributed by atoms with Crippen molar-refractivity contribution in [2.45, 2.75) is 26.8 Å². The molecule has 1 aromatic rings. The first kappa shape index (κ1) is 11.0. The molecule has 14 heavy (non-hydrogen) atoms. The first-order valence-corrected chi connectivity index (χ1v) is 5.08. The molecule has 0 bridgehead atoms. The standard InChI is InChI=1S/C11H19N3/c1-9(2)12-6-7-14-11-4-5-13-10(3)8-11/h4-5,8-9,12H,6-7H2,1-3H3,(H,13,14). The summed E-state index contributed by atoms with van der Waals surface area (Å²) in [5, 5.41) is 6.69. The fourth-order valence-electron chi connectivity index (χ4n) is 1.22. The molecule has 0 aliphatic heterocycles. The summed E-state index contributed by atoms with van der Waals surface area (Å²) in [7, 11) is 0. The van der Waals surface area contributed by atoms with Crippen LogP contribution in [-0.4, -0.2) is 24.1 Å². The second kappa shape index (κ2) is 5.60. The fourth-order valence-corrected chi connectivity index (χ4v) is 1.22. The van der Waals surface area contributed by atoms with Gasteiger partial charge in [0.2, 0.25) is 0 Å². The van der Waals surface area contributed by atoms with Gasteiger partial charge in [0.05, 0.1) is 0 Å². The molecule has 0 unspecified atom stereocenters. The van der Waals surface area contributed by atoms with E-state index in [1.54, 1.807) is 0 Å². The van der Waals surface area contributed by atoms with Crippen molar-refractivity contribution in [1.29, 1.82) is 0 Å². The van der Waals surface area contributed by atoms with Crippen LogP contribution in [0, 0.1) is 6.92 Å². The molecule has 0 spiro atoms. The van der Waals surface area contributed by atoms with Crippen LogP contribution in [0.1, 0.15) is 19.5 Å². The molecule has 3 nitrogen and oxygen atoms in total. The van der Waals surface area contributed by atoms with Crippen molar-refractivity contribution >= 4 is 5.69 Å². The monoisotopic (exact) mass is 193 g/mol. The lowest BCUT2D eigenvalue weighted by atomic mass is 10.3. The summed E-state index contributed by atoms with van der Waals surface area (Å²) in [6.45, 7) is 8.23. The molecule has 0 aliphatic carbocycles. The molecular formula is C11H19N3. The molecule has 1 heterocycles. The third-order valence-corrected chi connectivity index (χ3v) is 1.90. The summed E-state index contributed by atoms with van der Waals surface area (Å²) in [5.74, 6) is 0. The van der Waals surface area contributed by atoms with Crippen molar-refractivity contribution in [1.82, 2.24) is 10.3 Å². The molecule has 0 amide bonds. The predicted octanol–water partition coefficient (Wildman–Crippen LogP) is 1.80. The van der Waals surface area contributed by atoms with E-state index in [9.17, 15) is 0 Å². The molecule has 0 fully saturated rings. The second-order valence-electron chi connectivity index (χ2n) is 3.72. The molecular weight excluding hydrogens is 174 g/mol. The molecule has 3 heteroatoms. The highest BCUT2D eigenvalue weighted by Crippen LogP contribution is 2.05.